The van der Waals surface area contributed by atoms with Crippen LogP contribution < -0.4 is 20.9 Å². The predicted molar refractivity (Wildman–Crippen MR) is 103 cm³/mol. The molecule has 4 rings (SSSR count). The average molecular weight is 349 g/mol. The Bertz CT molecular complexity index is 1100. The number of aromatic amines is 1. The van der Waals surface area contributed by atoms with E-state index in [1.54, 1.807) is 26.5 Å². The molecule has 0 unspecified atom stereocenters. The Morgan fingerprint density at radius 1 is 0.962 bits per heavy atom. The Hall–Kier alpha value is -3.48. The summed E-state index contributed by atoms with van der Waals surface area (Å²) in [6.45, 7) is 0. The van der Waals surface area contributed by atoms with E-state index >= 15 is 0 Å². The molecule has 0 aliphatic carbocycles. The summed E-state index contributed by atoms with van der Waals surface area (Å²) in [6.07, 6.45) is 2.39. The number of fused-ring (bicyclic) bond motifs is 3. The van der Waals surface area contributed by atoms with Crippen LogP contribution in [0.15, 0.2) is 36.5 Å². The van der Waals surface area contributed by atoms with Crippen LogP contribution in [0.25, 0.3) is 21.8 Å². The highest BCUT2D eigenvalue weighted by molar-refractivity contribution is 6.10. The van der Waals surface area contributed by atoms with Gasteiger partial charge in [-0.3, -0.25) is 0 Å². The minimum atomic E-state index is 0.451. The van der Waals surface area contributed by atoms with Crippen LogP contribution in [0.3, 0.4) is 0 Å². The van der Waals surface area contributed by atoms with Gasteiger partial charge in [-0.1, -0.05) is 0 Å². The second kappa shape index (κ2) is 6.11. The number of H-pyrrole nitrogens is 1. The maximum Gasteiger partial charge on any atom is 0.124 e. The first-order chi connectivity index (χ1) is 12.6. The molecule has 0 fully saturated rings. The van der Waals surface area contributed by atoms with Crippen LogP contribution in [-0.2, 0) is 6.42 Å². The van der Waals surface area contributed by atoms with Gasteiger partial charge in [0.25, 0.3) is 0 Å². The van der Waals surface area contributed by atoms with Gasteiger partial charge < -0.3 is 25.9 Å². The molecule has 0 saturated heterocycles. The highest BCUT2D eigenvalue weighted by Crippen LogP contribution is 2.30. The Labute approximate surface area is 150 Å². The van der Waals surface area contributed by atoms with Crippen molar-refractivity contribution in [2.45, 2.75) is 6.42 Å². The monoisotopic (exact) mass is 349 g/mol. The van der Waals surface area contributed by atoms with Crippen LogP contribution in [0, 0.1) is 0 Å². The van der Waals surface area contributed by atoms with Crippen molar-refractivity contribution in [3.63, 3.8) is 0 Å². The third-order valence-electron chi connectivity index (χ3n) is 4.36. The van der Waals surface area contributed by atoms with E-state index < -0.39 is 0 Å². The molecule has 5 N–H and O–H groups in total. The molecule has 0 atom stereocenters. The molecule has 0 spiro atoms. The minimum absolute atomic E-state index is 0.451. The number of hydrogen-bond acceptors (Lipinski definition) is 6. The zero-order chi connectivity index (χ0) is 18.3. The normalized spacial score (nSPS) is 11.2. The Kier molecular flexibility index (Phi) is 3.76. The highest BCUT2D eigenvalue weighted by Gasteiger charge is 2.11. The van der Waals surface area contributed by atoms with E-state index in [4.69, 9.17) is 20.9 Å². The number of nitrogen functional groups attached to an aromatic ring is 2. The first-order valence-corrected chi connectivity index (χ1v) is 8.11. The van der Waals surface area contributed by atoms with Crippen molar-refractivity contribution in [1.82, 2.24) is 15.0 Å². The zero-order valence-electron chi connectivity index (χ0n) is 14.5. The number of anilines is 2. The van der Waals surface area contributed by atoms with Gasteiger partial charge in [0.05, 0.1) is 25.3 Å². The molecule has 2 heterocycles. The molecule has 132 valence electrons. The number of benzene rings is 2. The summed E-state index contributed by atoms with van der Waals surface area (Å²) in [5, 5.41) is 1.73. The molecule has 0 aliphatic rings. The maximum absolute atomic E-state index is 6.15. The van der Waals surface area contributed by atoms with Crippen molar-refractivity contribution in [3.8, 4) is 11.5 Å². The molecule has 0 radical (unpaired) electrons. The van der Waals surface area contributed by atoms with Gasteiger partial charge in [-0.05, 0) is 29.8 Å². The van der Waals surface area contributed by atoms with Gasteiger partial charge in [0.15, 0.2) is 0 Å². The third kappa shape index (κ3) is 2.73. The summed E-state index contributed by atoms with van der Waals surface area (Å²) >= 11 is 0. The zero-order valence-corrected chi connectivity index (χ0v) is 14.5. The molecule has 7 nitrogen and oxygen atoms in total. The first kappa shape index (κ1) is 16.0. The smallest absolute Gasteiger partial charge is 0.124 e. The van der Waals surface area contributed by atoms with Gasteiger partial charge in [0, 0.05) is 35.1 Å². The van der Waals surface area contributed by atoms with E-state index in [0.29, 0.717) is 17.9 Å². The molecule has 2 aromatic heterocycles. The van der Waals surface area contributed by atoms with Crippen molar-refractivity contribution in [2.75, 3.05) is 25.7 Å². The molecule has 2 aromatic carbocycles. The molecular formula is C19H19N5O2. The summed E-state index contributed by atoms with van der Waals surface area (Å²) in [7, 11) is 3.26. The number of rotatable bonds is 4. The second-order valence-corrected chi connectivity index (χ2v) is 6.10. The van der Waals surface area contributed by atoms with Crippen molar-refractivity contribution >= 4 is 33.3 Å². The summed E-state index contributed by atoms with van der Waals surface area (Å²) in [5.41, 5.74) is 15.2. The van der Waals surface area contributed by atoms with Crippen LogP contribution in [0.5, 0.6) is 11.5 Å². The summed E-state index contributed by atoms with van der Waals surface area (Å²) in [4.78, 5) is 12.2. The van der Waals surface area contributed by atoms with Gasteiger partial charge in [-0.25, -0.2) is 9.97 Å². The Morgan fingerprint density at radius 2 is 1.69 bits per heavy atom. The van der Waals surface area contributed by atoms with Crippen LogP contribution in [0.4, 0.5) is 11.5 Å². The third-order valence-corrected chi connectivity index (χ3v) is 4.36. The summed E-state index contributed by atoms with van der Waals surface area (Å²) < 4.78 is 10.6. The predicted octanol–water partition coefficient (Wildman–Crippen LogP) is 2.88. The lowest BCUT2D eigenvalue weighted by Crippen LogP contribution is -1.99. The summed E-state index contributed by atoms with van der Waals surface area (Å²) in [5.74, 6) is 2.72. The van der Waals surface area contributed by atoms with Gasteiger partial charge >= 0.3 is 0 Å². The quantitative estimate of drug-likeness (QED) is 0.488. The molecule has 4 aromatic rings. The number of nitrogens with one attached hydrogen (secondary N) is 1. The number of nitrogens with two attached hydrogens (primary N) is 2. The van der Waals surface area contributed by atoms with E-state index in [0.717, 1.165) is 44.7 Å². The Balaban J connectivity index is 1.77. The number of aromatic nitrogens is 3. The SMILES string of the molecule is COc1cc(Cc2ncc3c(cc(N)c4cc(N)nc43)[nH]2)cc(OC)c1. The van der Waals surface area contributed by atoms with Crippen molar-refractivity contribution in [3.05, 3.63) is 47.9 Å². The molecule has 0 bridgehead atoms. The maximum atomic E-state index is 6.15. The molecule has 0 saturated carbocycles. The largest absolute Gasteiger partial charge is 0.497 e. The lowest BCUT2D eigenvalue weighted by atomic mass is 10.1. The van der Waals surface area contributed by atoms with Crippen molar-refractivity contribution < 1.29 is 9.47 Å². The van der Waals surface area contributed by atoms with Gasteiger partial charge in [0.1, 0.15) is 23.1 Å². The van der Waals surface area contributed by atoms with Crippen molar-refractivity contribution in [1.29, 1.82) is 0 Å². The van der Waals surface area contributed by atoms with E-state index in [1.165, 1.54) is 0 Å². The van der Waals surface area contributed by atoms with E-state index in [9.17, 15) is 0 Å². The molecule has 0 amide bonds. The lowest BCUT2D eigenvalue weighted by Gasteiger charge is -2.09. The van der Waals surface area contributed by atoms with Crippen LogP contribution >= 0.6 is 0 Å². The number of ether oxygens (including phenoxy) is 2. The fraction of sp³-hybridized carbons (Fsp3) is 0.158. The van der Waals surface area contributed by atoms with E-state index in [1.807, 2.05) is 24.3 Å². The molecule has 26 heavy (non-hydrogen) atoms. The molecular weight excluding hydrogens is 330 g/mol. The number of nitrogens with zero attached hydrogens (tertiary/aromatic N) is 2. The van der Waals surface area contributed by atoms with Crippen LogP contribution in [-0.4, -0.2) is 29.2 Å². The topological polar surface area (TPSA) is 112 Å². The van der Waals surface area contributed by atoms with Crippen LogP contribution in [0.1, 0.15) is 11.4 Å². The van der Waals surface area contributed by atoms with E-state index in [2.05, 4.69) is 15.0 Å². The average Bonchev–Trinajstić information content (AvgIpc) is 3.03. The van der Waals surface area contributed by atoms with Gasteiger partial charge in [0.2, 0.25) is 0 Å². The fourth-order valence-corrected chi connectivity index (χ4v) is 3.12. The first-order valence-electron chi connectivity index (χ1n) is 8.11. The molecule has 0 aliphatic heterocycles. The summed E-state index contributed by atoms with van der Waals surface area (Å²) in [6, 6.07) is 9.42. The minimum Gasteiger partial charge on any atom is -0.497 e. The standard InChI is InChI=1S/C19H19N5O2/c1-25-11-3-10(4-12(6-11)26-2)5-18-22-9-14-16(23-18)8-15(20)13-7-17(21)24-19(13)14/h3-4,6-9H,5,20-21H2,1-2H3,(H,22,23). The second-order valence-electron chi connectivity index (χ2n) is 6.10. The van der Waals surface area contributed by atoms with Gasteiger partial charge in [-0.2, -0.15) is 0 Å². The number of hydrogen-bond donors (Lipinski definition) is 3. The fourth-order valence-electron chi connectivity index (χ4n) is 3.12. The van der Waals surface area contributed by atoms with Gasteiger partial charge in [-0.15, -0.1) is 0 Å². The van der Waals surface area contributed by atoms with E-state index in [-0.39, 0.29) is 0 Å². The lowest BCUT2D eigenvalue weighted by molar-refractivity contribution is 0.393. The Morgan fingerprint density at radius 3 is 2.38 bits per heavy atom. The number of methoxy groups -OCH3 is 2. The van der Waals surface area contributed by atoms with Crippen LogP contribution in [0.2, 0.25) is 0 Å². The molecule has 7 heteroatoms. The highest BCUT2D eigenvalue weighted by atomic mass is 16.5. The van der Waals surface area contributed by atoms with Crippen molar-refractivity contribution in [2.24, 2.45) is 0 Å².